The molecule has 7 nitrogen and oxygen atoms in total. The predicted molar refractivity (Wildman–Crippen MR) is 70.8 cm³/mol. The van der Waals surface area contributed by atoms with Gasteiger partial charge in [-0.1, -0.05) is 0 Å². The van der Waals surface area contributed by atoms with E-state index in [0.29, 0.717) is 18.1 Å². The van der Waals surface area contributed by atoms with Crippen LogP contribution in [0.2, 0.25) is 0 Å². The van der Waals surface area contributed by atoms with Crippen LogP contribution in [0.4, 0.5) is 5.82 Å². The van der Waals surface area contributed by atoms with Crippen molar-refractivity contribution >= 4 is 11.7 Å². The lowest BCUT2D eigenvalue weighted by molar-refractivity contribution is 0.0821. The Bertz CT molecular complexity index is 520. The van der Waals surface area contributed by atoms with Crippen molar-refractivity contribution in [3.63, 3.8) is 0 Å². The number of carbonyl (C=O) groups excluding carboxylic acids is 1. The summed E-state index contributed by atoms with van der Waals surface area (Å²) >= 11 is 0. The second-order valence-corrected chi connectivity index (χ2v) is 4.20. The minimum atomic E-state index is -0.157. The molecule has 100 valence electrons. The summed E-state index contributed by atoms with van der Waals surface area (Å²) in [7, 11) is 3.36. The summed E-state index contributed by atoms with van der Waals surface area (Å²) in [6.45, 7) is 1.43. The van der Waals surface area contributed by atoms with Gasteiger partial charge < -0.3 is 10.2 Å². The van der Waals surface area contributed by atoms with Crippen LogP contribution in [0.1, 0.15) is 10.5 Å². The van der Waals surface area contributed by atoms with E-state index in [1.165, 1.54) is 4.90 Å². The van der Waals surface area contributed by atoms with E-state index in [-0.39, 0.29) is 5.91 Å². The molecular formula is C12H16N6O. The first-order chi connectivity index (χ1) is 9.16. The number of hydrogen-bond donors (Lipinski definition) is 1. The van der Waals surface area contributed by atoms with Gasteiger partial charge >= 0.3 is 0 Å². The van der Waals surface area contributed by atoms with E-state index < -0.39 is 0 Å². The van der Waals surface area contributed by atoms with E-state index in [0.717, 1.165) is 6.54 Å². The van der Waals surface area contributed by atoms with E-state index >= 15 is 0 Å². The van der Waals surface area contributed by atoms with Gasteiger partial charge in [0, 0.05) is 33.0 Å². The number of rotatable bonds is 5. The highest BCUT2D eigenvalue weighted by Crippen LogP contribution is 2.03. The predicted octanol–water partition coefficient (Wildman–Crippen LogP) is 0.487. The quantitative estimate of drug-likeness (QED) is 0.846. The molecule has 0 radical (unpaired) electrons. The Labute approximate surface area is 111 Å². The maximum Gasteiger partial charge on any atom is 0.273 e. The molecule has 0 atom stereocenters. The van der Waals surface area contributed by atoms with E-state index in [9.17, 15) is 4.79 Å². The maximum atomic E-state index is 11.6. The molecule has 0 aliphatic carbocycles. The average Bonchev–Trinajstić information content (AvgIpc) is 2.92. The molecule has 1 N–H and O–H groups in total. The number of carbonyl (C=O) groups is 1. The van der Waals surface area contributed by atoms with Crippen molar-refractivity contribution < 1.29 is 4.79 Å². The van der Waals surface area contributed by atoms with Crippen molar-refractivity contribution in [2.24, 2.45) is 0 Å². The highest BCUT2D eigenvalue weighted by atomic mass is 16.2. The van der Waals surface area contributed by atoms with Crippen LogP contribution in [0, 0.1) is 0 Å². The molecule has 2 aromatic heterocycles. The molecule has 19 heavy (non-hydrogen) atoms. The van der Waals surface area contributed by atoms with Gasteiger partial charge in [0.25, 0.3) is 5.91 Å². The lowest BCUT2D eigenvalue weighted by Crippen LogP contribution is -2.23. The minimum absolute atomic E-state index is 0.157. The van der Waals surface area contributed by atoms with E-state index in [1.807, 2.05) is 16.9 Å². The summed E-state index contributed by atoms with van der Waals surface area (Å²) in [5, 5.41) is 15.1. The maximum absolute atomic E-state index is 11.6. The number of hydrogen-bond acceptors (Lipinski definition) is 5. The van der Waals surface area contributed by atoms with Gasteiger partial charge in [-0.05, 0) is 18.2 Å². The Morgan fingerprint density at radius 1 is 1.37 bits per heavy atom. The molecule has 0 unspecified atom stereocenters. The molecule has 0 spiro atoms. The second-order valence-electron chi connectivity index (χ2n) is 4.20. The zero-order chi connectivity index (χ0) is 13.7. The minimum Gasteiger partial charge on any atom is -0.367 e. The monoisotopic (exact) mass is 260 g/mol. The normalized spacial score (nSPS) is 10.2. The molecule has 0 aromatic carbocycles. The topological polar surface area (TPSA) is 75.9 Å². The molecule has 0 saturated carbocycles. The summed E-state index contributed by atoms with van der Waals surface area (Å²) in [4.78, 5) is 13.1. The van der Waals surface area contributed by atoms with Gasteiger partial charge in [0.15, 0.2) is 5.69 Å². The third kappa shape index (κ3) is 3.51. The van der Waals surface area contributed by atoms with Crippen LogP contribution in [0.3, 0.4) is 0 Å². The first-order valence-corrected chi connectivity index (χ1v) is 5.93. The standard InChI is InChI=1S/C12H16N6O/c1-17(2)12(19)10-4-5-11(16-15-10)13-7-9-18-8-3-6-14-18/h3-6,8H,7,9H2,1-2H3,(H,13,16). The van der Waals surface area contributed by atoms with Crippen LogP contribution in [0.25, 0.3) is 0 Å². The molecule has 1 amide bonds. The third-order valence-corrected chi connectivity index (χ3v) is 2.50. The molecule has 0 bridgehead atoms. The van der Waals surface area contributed by atoms with Gasteiger partial charge in [0.05, 0.1) is 6.54 Å². The number of aromatic nitrogens is 4. The summed E-state index contributed by atoms with van der Waals surface area (Å²) < 4.78 is 1.82. The number of nitrogens with zero attached hydrogens (tertiary/aromatic N) is 5. The van der Waals surface area contributed by atoms with Crippen molar-refractivity contribution in [2.75, 3.05) is 26.0 Å². The summed E-state index contributed by atoms with van der Waals surface area (Å²) in [6, 6.07) is 5.28. The molecule has 0 aliphatic rings. The van der Waals surface area contributed by atoms with Gasteiger partial charge in [0.1, 0.15) is 5.82 Å². The second kappa shape index (κ2) is 5.94. The van der Waals surface area contributed by atoms with Crippen molar-refractivity contribution in [2.45, 2.75) is 6.54 Å². The van der Waals surface area contributed by atoms with Crippen molar-refractivity contribution in [1.82, 2.24) is 24.9 Å². The van der Waals surface area contributed by atoms with Gasteiger partial charge in [-0.2, -0.15) is 5.10 Å². The molecule has 2 heterocycles. The molecular weight excluding hydrogens is 244 g/mol. The fourth-order valence-electron chi connectivity index (χ4n) is 1.50. The lowest BCUT2D eigenvalue weighted by atomic mass is 10.3. The molecule has 2 rings (SSSR count). The lowest BCUT2D eigenvalue weighted by Gasteiger charge is -2.09. The van der Waals surface area contributed by atoms with Gasteiger partial charge in [-0.15, -0.1) is 10.2 Å². The summed E-state index contributed by atoms with van der Waals surface area (Å²) in [6.07, 6.45) is 3.63. The van der Waals surface area contributed by atoms with Crippen molar-refractivity contribution in [3.8, 4) is 0 Å². The van der Waals surface area contributed by atoms with Crippen LogP contribution in [0.15, 0.2) is 30.6 Å². The van der Waals surface area contributed by atoms with Crippen molar-refractivity contribution in [1.29, 1.82) is 0 Å². The van der Waals surface area contributed by atoms with Crippen LogP contribution < -0.4 is 5.32 Å². The number of nitrogens with one attached hydrogen (secondary N) is 1. The van der Waals surface area contributed by atoms with Gasteiger partial charge in [0.2, 0.25) is 0 Å². The molecule has 0 saturated heterocycles. The highest BCUT2D eigenvalue weighted by molar-refractivity contribution is 5.91. The Kier molecular flexibility index (Phi) is 4.07. The fourth-order valence-corrected chi connectivity index (χ4v) is 1.50. The number of anilines is 1. The highest BCUT2D eigenvalue weighted by Gasteiger charge is 2.09. The van der Waals surface area contributed by atoms with Gasteiger partial charge in [-0.25, -0.2) is 0 Å². The van der Waals surface area contributed by atoms with E-state index in [4.69, 9.17) is 0 Å². The largest absolute Gasteiger partial charge is 0.367 e. The van der Waals surface area contributed by atoms with Gasteiger partial charge in [-0.3, -0.25) is 9.48 Å². The Morgan fingerprint density at radius 3 is 2.79 bits per heavy atom. The average molecular weight is 260 g/mol. The SMILES string of the molecule is CN(C)C(=O)c1ccc(NCCn2cccn2)nn1. The van der Waals surface area contributed by atoms with Crippen LogP contribution >= 0.6 is 0 Å². The Hall–Kier alpha value is -2.44. The molecule has 0 fully saturated rings. The summed E-state index contributed by atoms with van der Waals surface area (Å²) in [5.74, 6) is 0.484. The smallest absolute Gasteiger partial charge is 0.273 e. The Balaban J connectivity index is 1.86. The zero-order valence-corrected chi connectivity index (χ0v) is 10.9. The van der Waals surface area contributed by atoms with Crippen molar-refractivity contribution in [3.05, 3.63) is 36.3 Å². The summed E-state index contributed by atoms with van der Waals surface area (Å²) in [5.41, 5.74) is 0.336. The fraction of sp³-hybridized carbons (Fsp3) is 0.333. The first kappa shape index (κ1) is 13.0. The molecule has 0 aliphatic heterocycles. The van der Waals surface area contributed by atoms with E-state index in [2.05, 4.69) is 20.6 Å². The third-order valence-electron chi connectivity index (χ3n) is 2.50. The Morgan fingerprint density at radius 2 is 2.21 bits per heavy atom. The van der Waals surface area contributed by atoms with Crippen LogP contribution in [-0.2, 0) is 6.54 Å². The zero-order valence-electron chi connectivity index (χ0n) is 10.9. The van der Waals surface area contributed by atoms with Crippen LogP contribution in [0.5, 0.6) is 0 Å². The van der Waals surface area contributed by atoms with E-state index in [1.54, 1.807) is 32.4 Å². The molecule has 7 heteroatoms. The number of amides is 1. The first-order valence-electron chi connectivity index (χ1n) is 5.93. The molecule has 2 aromatic rings. The van der Waals surface area contributed by atoms with Crippen LogP contribution in [-0.4, -0.2) is 51.4 Å².